The Morgan fingerprint density at radius 2 is 1.81 bits per heavy atom. The fourth-order valence-corrected chi connectivity index (χ4v) is 4.60. The highest BCUT2D eigenvalue weighted by atomic mass is 19.1. The van der Waals surface area contributed by atoms with Crippen LogP contribution in [0.1, 0.15) is 33.3 Å². The van der Waals surface area contributed by atoms with Crippen molar-refractivity contribution < 1.29 is 32.9 Å². The first-order valence-electron chi connectivity index (χ1n) is 13.1. The van der Waals surface area contributed by atoms with E-state index in [1.165, 1.54) is 18.3 Å². The number of carbonyl (C=O) groups is 2. The Morgan fingerprint density at radius 1 is 0.976 bits per heavy atom. The van der Waals surface area contributed by atoms with Crippen molar-refractivity contribution in [1.82, 2.24) is 10.4 Å². The molecule has 0 radical (unpaired) electrons. The van der Waals surface area contributed by atoms with Crippen LogP contribution in [0.25, 0.3) is 22.0 Å². The minimum absolute atomic E-state index is 0.0989. The largest absolute Gasteiger partial charge is 0.490 e. The Hall–Kier alpha value is -5.64. The van der Waals surface area contributed by atoms with Crippen LogP contribution in [0.15, 0.2) is 90.0 Å². The summed E-state index contributed by atoms with van der Waals surface area (Å²) < 4.78 is 36.0. The van der Waals surface area contributed by atoms with Gasteiger partial charge in [0.2, 0.25) is 6.79 Å². The van der Waals surface area contributed by atoms with E-state index in [9.17, 15) is 14.0 Å². The Morgan fingerprint density at radius 3 is 2.64 bits per heavy atom. The van der Waals surface area contributed by atoms with Crippen molar-refractivity contribution in [3.05, 3.63) is 108 Å². The van der Waals surface area contributed by atoms with Crippen molar-refractivity contribution in [2.75, 3.05) is 13.4 Å². The fourth-order valence-electron chi connectivity index (χ4n) is 4.60. The number of nitrogens with zero attached hydrogens (tertiary/aromatic N) is 1. The van der Waals surface area contributed by atoms with Gasteiger partial charge < -0.3 is 23.9 Å². The molecular weight excluding hydrogens is 541 g/mol. The zero-order valence-electron chi connectivity index (χ0n) is 22.3. The number of halogens is 1. The molecule has 0 spiro atoms. The van der Waals surface area contributed by atoms with Crippen LogP contribution < -0.4 is 24.4 Å². The van der Waals surface area contributed by atoms with E-state index in [-0.39, 0.29) is 18.2 Å². The lowest BCUT2D eigenvalue weighted by Crippen LogP contribution is -2.18. The molecule has 0 fully saturated rings. The Bertz CT molecular complexity index is 1830. The lowest BCUT2D eigenvalue weighted by molar-refractivity contribution is 0.0727. The Balaban J connectivity index is 1.20. The van der Waals surface area contributed by atoms with Gasteiger partial charge in [0.05, 0.1) is 18.4 Å². The molecule has 10 heteroatoms. The molecule has 1 aliphatic rings. The molecule has 6 rings (SSSR count). The molecule has 9 nitrogen and oxygen atoms in total. The number of esters is 1. The molecule has 1 aliphatic heterocycles. The molecule has 2 heterocycles. The monoisotopic (exact) mass is 565 g/mol. The van der Waals surface area contributed by atoms with Crippen LogP contribution in [0.3, 0.4) is 0 Å². The molecule has 0 aliphatic carbocycles. The number of aromatic nitrogens is 1. The summed E-state index contributed by atoms with van der Waals surface area (Å²) in [5.74, 6) is 0.0881. The van der Waals surface area contributed by atoms with Gasteiger partial charge in [-0.1, -0.05) is 30.3 Å². The molecule has 1 amide bonds. The van der Waals surface area contributed by atoms with E-state index in [4.69, 9.17) is 18.9 Å². The standard InChI is InChI=1S/C32H24FN3O6/c1-2-39-27-14-19(8-12-26(27)42-32(38)21-9-13-25-28(15-21)41-18-40-25)17-34-36-31(37)30-29(20-6-4-3-5-7-20)23-16-22(33)10-11-24(23)35-30/h3-17,35H,2,18H2,1H3,(H,36,37). The van der Waals surface area contributed by atoms with E-state index in [1.807, 2.05) is 30.3 Å². The van der Waals surface area contributed by atoms with E-state index < -0.39 is 17.7 Å². The molecule has 1 aromatic heterocycles. The van der Waals surface area contributed by atoms with Gasteiger partial charge >= 0.3 is 5.97 Å². The normalized spacial score (nSPS) is 12.0. The van der Waals surface area contributed by atoms with Gasteiger partial charge in [-0.15, -0.1) is 0 Å². The molecule has 4 aromatic carbocycles. The van der Waals surface area contributed by atoms with Crippen molar-refractivity contribution in [1.29, 1.82) is 0 Å². The third kappa shape index (κ3) is 5.37. The number of amides is 1. The zero-order valence-corrected chi connectivity index (χ0v) is 22.3. The van der Waals surface area contributed by atoms with Crippen molar-refractivity contribution >= 4 is 29.0 Å². The number of aromatic amines is 1. The van der Waals surface area contributed by atoms with Gasteiger partial charge in [-0.25, -0.2) is 14.6 Å². The number of benzene rings is 4. The number of H-pyrrole nitrogens is 1. The third-order valence-electron chi connectivity index (χ3n) is 6.51. The van der Waals surface area contributed by atoms with E-state index in [0.717, 1.165) is 5.56 Å². The first-order chi connectivity index (χ1) is 20.5. The first kappa shape index (κ1) is 26.6. The van der Waals surface area contributed by atoms with Gasteiger partial charge in [0.15, 0.2) is 23.0 Å². The van der Waals surface area contributed by atoms with Crippen LogP contribution in [0, 0.1) is 5.82 Å². The summed E-state index contributed by atoms with van der Waals surface area (Å²) in [6.45, 7) is 2.23. The minimum Gasteiger partial charge on any atom is -0.490 e. The molecule has 5 aromatic rings. The maximum Gasteiger partial charge on any atom is 0.343 e. The average Bonchev–Trinajstić information content (AvgIpc) is 3.63. The number of hydrogen-bond donors (Lipinski definition) is 2. The van der Waals surface area contributed by atoms with E-state index >= 15 is 0 Å². The minimum atomic E-state index is -0.588. The molecule has 0 atom stereocenters. The topological polar surface area (TPSA) is 111 Å². The summed E-state index contributed by atoms with van der Waals surface area (Å²) in [4.78, 5) is 29.0. The van der Waals surface area contributed by atoms with Gasteiger partial charge in [0.1, 0.15) is 11.5 Å². The third-order valence-corrected chi connectivity index (χ3v) is 6.51. The molecule has 0 saturated heterocycles. The van der Waals surface area contributed by atoms with Crippen molar-refractivity contribution in [3.8, 4) is 34.1 Å². The number of hydrazone groups is 1. The van der Waals surface area contributed by atoms with Crippen LogP contribution in [-0.4, -0.2) is 36.5 Å². The lowest BCUT2D eigenvalue weighted by atomic mass is 10.0. The van der Waals surface area contributed by atoms with E-state index in [0.29, 0.717) is 51.4 Å². The number of fused-ring (bicyclic) bond motifs is 2. The van der Waals surface area contributed by atoms with Gasteiger partial charge in [0.25, 0.3) is 5.91 Å². The number of carbonyl (C=O) groups excluding carboxylic acids is 2. The van der Waals surface area contributed by atoms with Crippen LogP contribution in [-0.2, 0) is 0 Å². The number of rotatable bonds is 8. The molecule has 210 valence electrons. The van der Waals surface area contributed by atoms with Crippen molar-refractivity contribution in [2.24, 2.45) is 5.10 Å². The predicted molar refractivity (Wildman–Crippen MR) is 154 cm³/mol. The number of hydrogen-bond acceptors (Lipinski definition) is 7. The molecule has 0 unspecified atom stereocenters. The van der Waals surface area contributed by atoms with Gasteiger partial charge in [0, 0.05) is 16.5 Å². The summed E-state index contributed by atoms with van der Waals surface area (Å²) in [5.41, 5.74) is 5.62. The smallest absolute Gasteiger partial charge is 0.343 e. The SMILES string of the molecule is CCOc1cc(C=NNC(=O)c2[nH]c3ccc(F)cc3c2-c2ccccc2)ccc1OC(=O)c1ccc2c(c1)OCO2. The second-order valence-corrected chi connectivity index (χ2v) is 9.23. The van der Waals surface area contributed by atoms with Crippen molar-refractivity contribution in [3.63, 3.8) is 0 Å². The average molecular weight is 566 g/mol. The first-order valence-corrected chi connectivity index (χ1v) is 13.1. The van der Waals surface area contributed by atoms with E-state index in [1.54, 1.807) is 49.4 Å². The highest BCUT2D eigenvalue weighted by molar-refractivity contribution is 6.09. The molecule has 2 N–H and O–H groups in total. The van der Waals surface area contributed by atoms with Crippen LogP contribution in [0.4, 0.5) is 4.39 Å². The van der Waals surface area contributed by atoms with Crippen LogP contribution >= 0.6 is 0 Å². The summed E-state index contributed by atoms with van der Waals surface area (Å²) in [6.07, 6.45) is 1.44. The zero-order chi connectivity index (χ0) is 29.1. The number of ether oxygens (including phenoxy) is 4. The fraction of sp³-hybridized carbons (Fsp3) is 0.0938. The van der Waals surface area contributed by atoms with Crippen molar-refractivity contribution in [2.45, 2.75) is 6.92 Å². The van der Waals surface area contributed by atoms with Crippen LogP contribution in [0.5, 0.6) is 23.0 Å². The van der Waals surface area contributed by atoms with Gasteiger partial charge in [-0.3, -0.25) is 4.79 Å². The molecule has 42 heavy (non-hydrogen) atoms. The summed E-state index contributed by atoms with van der Waals surface area (Å²) >= 11 is 0. The Labute approximate surface area is 239 Å². The highest BCUT2D eigenvalue weighted by Gasteiger charge is 2.21. The quantitative estimate of drug-likeness (QED) is 0.102. The number of nitrogens with one attached hydrogen (secondary N) is 2. The maximum absolute atomic E-state index is 14.1. The van der Waals surface area contributed by atoms with Gasteiger partial charge in [-0.05, 0) is 72.6 Å². The highest BCUT2D eigenvalue weighted by Crippen LogP contribution is 2.35. The predicted octanol–water partition coefficient (Wildman–Crippen LogP) is 6.08. The summed E-state index contributed by atoms with van der Waals surface area (Å²) in [5, 5.41) is 4.69. The second-order valence-electron chi connectivity index (χ2n) is 9.23. The van der Waals surface area contributed by atoms with Gasteiger partial charge in [-0.2, -0.15) is 5.10 Å². The second kappa shape index (κ2) is 11.5. The molecule has 0 saturated carbocycles. The summed E-state index contributed by atoms with van der Waals surface area (Å²) in [6, 6.07) is 23.3. The molecule has 0 bridgehead atoms. The summed E-state index contributed by atoms with van der Waals surface area (Å²) in [7, 11) is 0. The maximum atomic E-state index is 14.1. The molecular formula is C32H24FN3O6. The van der Waals surface area contributed by atoms with Crippen LogP contribution in [0.2, 0.25) is 0 Å². The lowest BCUT2D eigenvalue weighted by Gasteiger charge is -2.11. The van der Waals surface area contributed by atoms with E-state index in [2.05, 4.69) is 15.5 Å². The Kier molecular flexibility index (Phi) is 7.25.